The summed E-state index contributed by atoms with van der Waals surface area (Å²) in [4.78, 5) is 43.0. The molecule has 1 fully saturated rings. The van der Waals surface area contributed by atoms with Crippen molar-refractivity contribution in [3.05, 3.63) is 12.2 Å². The topological polar surface area (TPSA) is 81.8 Å². The molecule has 0 saturated carbocycles. The van der Waals surface area contributed by atoms with Crippen molar-refractivity contribution in [1.29, 1.82) is 0 Å². The lowest BCUT2D eigenvalue weighted by atomic mass is 10.1. The molecule has 1 heterocycles. The van der Waals surface area contributed by atoms with Gasteiger partial charge in [-0.2, -0.15) is 0 Å². The van der Waals surface area contributed by atoms with E-state index in [-0.39, 0.29) is 35.6 Å². The van der Waals surface area contributed by atoms with Crippen molar-refractivity contribution in [1.82, 2.24) is 20.4 Å². The average molecular weight is 591 g/mol. The summed E-state index contributed by atoms with van der Waals surface area (Å²) >= 11 is 0. The van der Waals surface area contributed by atoms with Gasteiger partial charge in [-0.25, -0.2) is 0 Å². The van der Waals surface area contributed by atoms with Crippen LogP contribution in [0.2, 0.25) is 0 Å². The molecule has 1 aliphatic heterocycles. The molecule has 0 aromatic rings. The summed E-state index contributed by atoms with van der Waals surface area (Å²) in [5.74, 6) is 0.568. The molecular formula is C35H66N4O3. The molecule has 1 aliphatic rings. The normalized spacial score (nSPS) is 20.5. The molecule has 0 spiro atoms. The van der Waals surface area contributed by atoms with Crippen LogP contribution in [0.5, 0.6) is 0 Å². The maximum atomic E-state index is 13.1. The number of hydrogen-bond donors (Lipinski definition) is 2. The van der Waals surface area contributed by atoms with Crippen LogP contribution in [0.4, 0.5) is 0 Å². The van der Waals surface area contributed by atoms with E-state index in [0.29, 0.717) is 19.5 Å². The Hall–Kier alpha value is -1.89. The second-order valence-electron chi connectivity index (χ2n) is 12.5. The molecule has 0 aromatic carbocycles. The first-order chi connectivity index (χ1) is 20.3. The van der Waals surface area contributed by atoms with E-state index in [0.717, 1.165) is 84.0 Å². The SMILES string of the molecule is CCCCCCCC/C=C\CC1CC(=O)NCCCN(C(=O)C(C)CC)CCCCCN(C(=O)C(C)CC)CCCN1. The summed E-state index contributed by atoms with van der Waals surface area (Å²) < 4.78 is 0. The molecule has 3 unspecified atom stereocenters. The fourth-order valence-electron chi connectivity index (χ4n) is 5.45. The first-order valence-electron chi connectivity index (χ1n) is 17.6. The number of hydrogen-bond acceptors (Lipinski definition) is 4. The molecule has 3 amide bonds. The Labute approximate surface area is 259 Å². The third kappa shape index (κ3) is 17.3. The number of unbranched alkanes of at least 4 members (excludes halogenated alkanes) is 6. The molecule has 7 heteroatoms. The Morgan fingerprint density at radius 2 is 1.31 bits per heavy atom. The maximum Gasteiger partial charge on any atom is 0.225 e. The Morgan fingerprint density at radius 1 is 0.762 bits per heavy atom. The molecule has 0 aliphatic carbocycles. The molecule has 0 aromatic heterocycles. The van der Waals surface area contributed by atoms with Gasteiger partial charge >= 0.3 is 0 Å². The minimum atomic E-state index is 0.0158. The first kappa shape index (κ1) is 38.1. The zero-order valence-electron chi connectivity index (χ0n) is 28.1. The molecule has 7 nitrogen and oxygen atoms in total. The molecule has 0 bridgehead atoms. The summed E-state index contributed by atoms with van der Waals surface area (Å²) in [5, 5.41) is 6.72. The Bertz CT molecular complexity index is 757. The van der Waals surface area contributed by atoms with E-state index in [1.54, 1.807) is 0 Å². The molecule has 2 N–H and O–H groups in total. The van der Waals surface area contributed by atoms with Gasteiger partial charge in [0.15, 0.2) is 0 Å². The van der Waals surface area contributed by atoms with Gasteiger partial charge in [-0.1, -0.05) is 78.9 Å². The number of nitrogens with zero attached hydrogens (tertiary/aromatic N) is 2. The van der Waals surface area contributed by atoms with E-state index in [2.05, 4.69) is 43.6 Å². The average Bonchev–Trinajstić information content (AvgIpc) is 2.99. The van der Waals surface area contributed by atoms with Crippen molar-refractivity contribution in [3.63, 3.8) is 0 Å². The van der Waals surface area contributed by atoms with Crippen molar-refractivity contribution in [2.24, 2.45) is 11.8 Å². The fraction of sp³-hybridized carbons (Fsp3) is 0.857. The third-order valence-electron chi connectivity index (χ3n) is 8.76. The predicted octanol–water partition coefficient (Wildman–Crippen LogP) is 6.86. The molecule has 244 valence electrons. The van der Waals surface area contributed by atoms with Gasteiger partial charge < -0.3 is 20.4 Å². The van der Waals surface area contributed by atoms with Crippen LogP contribution in [0.3, 0.4) is 0 Å². The second kappa shape index (κ2) is 24.5. The van der Waals surface area contributed by atoms with Crippen molar-refractivity contribution in [2.45, 2.75) is 143 Å². The number of carbonyl (C=O) groups is 3. The highest BCUT2D eigenvalue weighted by atomic mass is 16.2. The zero-order valence-corrected chi connectivity index (χ0v) is 28.1. The summed E-state index contributed by atoms with van der Waals surface area (Å²) in [6.07, 6.45) is 20.9. The van der Waals surface area contributed by atoms with Crippen LogP contribution in [-0.2, 0) is 14.4 Å². The number of carbonyl (C=O) groups excluding carboxylic acids is 3. The van der Waals surface area contributed by atoms with Crippen molar-refractivity contribution < 1.29 is 14.4 Å². The van der Waals surface area contributed by atoms with Crippen LogP contribution >= 0.6 is 0 Å². The monoisotopic (exact) mass is 591 g/mol. The smallest absolute Gasteiger partial charge is 0.225 e. The summed E-state index contributed by atoms with van der Waals surface area (Å²) in [6, 6.07) is 0.0758. The largest absolute Gasteiger partial charge is 0.356 e. The van der Waals surface area contributed by atoms with Gasteiger partial charge in [0.2, 0.25) is 17.7 Å². The van der Waals surface area contributed by atoms with Gasteiger partial charge in [-0.05, 0) is 70.8 Å². The van der Waals surface area contributed by atoms with E-state index in [9.17, 15) is 14.4 Å². The van der Waals surface area contributed by atoms with Gasteiger partial charge in [0.1, 0.15) is 0 Å². The van der Waals surface area contributed by atoms with Gasteiger partial charge in [0, 0.05) is 57.0 Å². The number of rotatable bonds is 13. The minimum absolute atomic E-state index is 0.0158. The molecule has 42 heavy (non-hydrogen) atoms. The van der Waals surface area contributed by atoms with Crippen LogP contribution in [0.15, 0.2) is 12.2 Å². The van der Waals surface area contributed by atoms with Crippen molar-refractivity contribution >= 4 is 17.7 Å². The van der Waals surface area contributed by atoms with Gasteiger partial charge in [-0.3, -0.25) is 14.4 Å². The molecule has 3 atom stereocenters. The van der Waals surface area contributed by atoms with Gasteiger partial charge in [-0.15, -0.1) is 0 Å². The predicted molar refractivity (Wildman–Crippen MR) is 176 cm³/mol. The molecule has 1 saturated heterocycles. The number of amides is 3. The molecule has 1 rings (SSSR count). The maximum absolute atomic E-state index is 13.1. The highest BCUT2D eigenvalue weighted by molar-refractivity contribution is 5.79. The zero-order chi connectivity index (χ0) is 31.0. The number of allylic oxidation sites excluding steroid dienone is 1. The summed E-state index contributed by atoms with van der Waals surface area (Å²) in [7, 11) is 0. The van der Waals surface area contributed by atoms with E-state index in [4.69, 9.17) is 0 Å². The van der Waals surface area contributed by atoms with Crippen LogP contribution in [0.25, 0.3) is 0 Å². The Balaban J connectivity index is 2.81. The Kier molecular flexibility index (Phi) is 22.3. The Morgan fingerprint density at radius 3 is 1.90 bits per heavy atom. The van der Waals surface area contributed by atoms with E-state index in [1.165, 1.54) is 38.5 Å². The van der Waals surface area contributed by atoms with Crippen molar-refractivity contribution in [3.8, 4) is 0 Å². The minimum Gasteiger partial charge on any atom is -0.356 e. The lowest BCUT2D eigenvalue weighted by Gasteiger charge is -2.28. The highest BCUT2D eigenvalue weighted by Crippen LogP contribution is 2.13. The molecule has 0 radical (unpaired) electrons. The van der Waals surface area contributed by atoms with E-state index < -0.39 is 0 Å². The highest BCUT2D eigenvalue weighted by Gasteiger charge is 2.21. The van der Waals surface area contributed by atoms with Crippen LogP contribution < -0.4 is 10.6 Å². The van der Waals surface area contributed by atoms with Crippen LogP contribution in [0.1, 0.15) is 137 Å². The van der Waals surface area contributed by atoms with Crippen molar-refractivity contribution in [2.75, 3.05) is 39.3 Å². The second-order valence-corrected chi connectivity index (χ2v) is 12.5. The summed E-state index contributed by atoms with van der Waals surface area (Å²) in [5.41, 5.74) is 0. The van der Waals surface area contributed by atoms with Gasteiger partial charge in [0.05, 0.1) is 0 Å². The molecular weight excluding hydrogens is 524 g/mol. The quantitative estimate of drug-likeness (QED) is 0.181. The summed E-state index contributed by atoms with van der Waals surface area (Å²) in [6.45, 7) is 14.7. The van der Waals surface area contributed by atoms with E-state index >= 15 is 0 Å². The lowest BCUT2D eigenvalue weighted by molar-refractivity contribution is -0.135. The lowest BCUT2D eigenvalue weighted by Crippen LogP contribution is -2.41. The first-order valence-corrected chi connectivity index (χ1v) is 17.6. The van der Waals surface area contributed by atoms with Crippen LogP contribution in [0, 0.1) is 11.8 Å². The van der Waals surface area contributed by atoms with E-state index in [1.807, 2.05) is 23.6 Å². The van der Waals surface area contributed by atoms with Gasteiger partial charge in [0.25, 0.3) is 0 Å². The fourth-order valence-corrected chi connectivity index (χ4v) is 5.45. The third-order valence-corrected chi connectivity index (χ3v) is 8.76. The standard InChI is InChI=1S/C35H66N4O3/c1-6-9-10-11-12-13-14-15-17-22-32-29-33(40)37-24-21-28-39(35(42)31(5)8-3)26-19-16-18-25-38(27-20-23-36-32)34(41)30(4)7-2/h15,17,30-32,36H,6-14,16,18-29H2,1-5H3,(H,37,40)/b17-15-. The number of nitrogens with one attached hydrogen (secondary N) is 2. The van der Waals surface area contributed by atoms with Crippen LogP contribution in [-0.4, -0.2) is 72.8 Å².